The van der Waals surface area contributed by atoms with Crippen molar-refractivity contribution in [3.8, 4) is 0 Å². The third kappa shape index (κ3) is 3.38. The number of nitrogens with one attached hydrogen (secondary N) is 2. The van der Waals surface area contributed by atoms with Crippen molar-refractivity contribution in [2.75, 3.05) is 10.6 Å². The molecule has 0 aliphatic heterocycles. The zero-order valence-electron chi connectivity index (χ0n) is 10.7. The maximum Gasteiger partial charge on any atom is 0.323 e. The van der Waals surface area contributed by atoms with E-state index in [1.165, 1.54) is 19.2 Å². The second-order valence-electron chi connectivity index (χ2n) is 4.07. The SMILES string of the molecule is CC(=O)c1cccc(NC(=O)Nc2ccncc2F)c1. The van der Waals surface area contributed by atoms with Crippen LogP contribution >= 0.6 is 0 Å². The van der Waals surface area contributed by atoms with E-state index in [1.54, 1.807) is 24.3 Å². The van der Waals surface area contributed by atoms with Gasteiger partial charge in [0.2, 0.25) is 0 Å². The first-order valence-electron chi connectivity index (χ1n) is 5.85. The molecule has 0 aliphatic carbocycles. The Morgan fingerprint density at radius 1 is 1.20 bits per heavy atom. The third-order valence-electron chi connectivity index (χ3n) is 2.55. The first kappa shape index (κ1) is 13.7. The van der Waals surface area contributed by atoms with Gasteiger partial charge in [-0.1, -0.05) is 12.1 Å². The molecule has 0 unspecified atom stereocenters. The smallest absolute Gasteiger partial charge is 0.308 e. The van der Waals surface area contributed by atoms with Gasteiger partial charge in [0.25, 0.3) is 0 Å². The number of hydrogen-bond donors (Lipinski definition) is 2. The van der Waals surface area contributed by atoms with Gasteiger partial charge in [0.05, 0.1) is 11.9 Å². The number of carbonyl (C=O) groups is 2. The maximum atomic E-state index is 13.3. The number of amides is 2. The maximum absolute atomic E-state index is 13.3. The third-order valence-corrected chi connectivity index (χ3v) is 2.55. The average molecular weight is 273 g/mol. The van der Waals surface area contributed by atoms with Crippen LogP contribution in [0.3, 0.4) is 0 Å². The highest BCUT2D eigenvalue weighted by molar-refractivity contribution is 6.01. The van der Waals surface area contributed by atoms with Crippen molar-refractivity contribution in [1.29, 1.82) is 0 Å². The van der Waals surface area contributed by atoms with E-state index in [-0.39, 0.29) is 11.5 Å². The molecule has 102 valence electrons. The first-order chi connectivity index (χ1) is 9.56. The summed E-state index contributed by atoms with van der Waals surface area (Å²) in [7, 11) is 0. The number of nitrogens with zero attached hydrogens (tertiary/aromatic N) is 1. The molecule has 1 aromatic heterocycles. The molecule has 2 amide bonds. The van der Waals surface area contributed by atoms with E-state index in [9.17, 15) is 14.0 Å². The number of pyridine rings is 1. The van der Waals surface area contributed by atoms with Gasteiger partial charge in [-0.2, -0.15) is 0 Å². The number of aromatic nitrogens is 1. The largest absolute Gasteiger partial charge is 0.323 e. The molecule has 1 aromatic carbocycles. The minimum atomic E-state index is -0.625. The first-order valence-corrected chi connectivity index (χ1v) is 5.85. The highest BCUT2D eigenvalue weighted by atomic mass is 19.1. The minimum absolute atomic E-state index is 0.0280. The summed E-state index contributed by atoms with van der Waals surface area (Å²) in [5.41, 5.74) is 0.961. The Bertz CT molecular complexity index is 658. The summed E-state index contributed by atoms with van der Waals surface area (Å²) in [4.78, 5) is 26.5. The van der Waals surface area contributed by atoms with Gasteiger partial charge in [-0.25, -0.2) is 9.18 Å². The molecule has 2 aromatic rings. The lowest BCUT2D eigenvalue weighted by atomic mass is 10.1. The molecule has 0 saturated heterocycles. The monoisotopic (exact) mass is 273 g/mol. The van der Waals surface area contributed by atoms with E-state index in [0.29, 0.717) is 11.3 Å². The molecule has 0 aliphatic rings. The summed E-state index contributed by atoms with van der Waals surface area (Å²) in [6, 6.07) is 7.23. The Morgan fingerprint density at radius 3 is 2.70 bits per heavy atom. The van der Waals surface area contributed by atoms with Gasteiger partial charge in [0.1, 0.15) is 0 Å². The molecule has 2 N–H and O–H groups in total. The van der Waals surface area contributed by atoms with Crippen molar-refractivity contribution >= 4 is 23.2 Å². The average Bonchev–Trinajstić information content (AvgIpc) is 2.41. The predicted octanol–water partition coefficient (Wildman–Crippen LogP) is 3.07. The number of benzene rings is 1. The van der Waals surface area contributed by atoms with E-state index < -0.39 is 11.8 Å². The molecular formula is C14H12FN3O2. The highest BCUT2D eigenvalue weighted by Gasteiger charge is 2.07. The molecule has 5 nitrogen and oxygen atoms in total. The summed E-state index contributed by atoms with van der Waals surface area (Å²) in [5.74, 6) is -0.727. The lowest BCUT2D eigenvalue weighted by molar-refractivity contribution is 0.101. The van der Waals surface area contributed by atoms with Gasteiger partial charge in [0.15, 0.2) is 11.6 Å². The van der Waals surface area contributed by atoms with Crippen LogP contribution in [0.15, 0.2) is 42.7 Å². The zero-order chi connectivity index (χ0) is 14.5. The van der Waals surface area contributed by atoms with Crippen LogP contribution in [0.25, 0.3) is 0 Å². The van der Waals surface area contributed by atoms with Crippen LogP contribution in [0.1, 0.15) is 17.3 Å². The Labute approximate surface area is 114 Å². The lowest BCUT2D eigenvalue weighted by Gasteiger charge is -2.08. The number of ketones is 1. The molecular weight excluding hydrogens is 261 g/mol. The molecule has 0 radical (unpaired) electrons. The molecule has 1 heterocycles. The second-order valence-corrected chi connectivity index (χ2v) is 4.07. The number of anilines is 2. The summed E-state index contributed by atoms with van der Waals surface area (Å²) < 4.78 is 13.3. The minimum Gasteiger partial charge on any atom is -0.308 e. The van der Waals surface area contributed by atoms with Crippen molar-refractivity contribution in [2.24, 2.45) is 0 Å². The van der Waals surface area contributed by atoms with Crippen LogP contribution in [-0.4, -0.2) is 16.8 Å². The Kier molecular flexibility index (Phi) is 4.05. The number of rotatable bonds is 3. The van der Waals surface area contributed by atoms with E-state index in [0.717, 1.165) is 6.20 Å². The molecule has 20 heavy (non-hydrogen) atoms. The quantitative estimate of drug-likeness (QED) is 0.844. The van der Waals surface area contributed by atoms with Crippen LogP contribution in [0.5, 0.6) is 0 Å². The standard InChI is InChI=1S/C14H12FN3O2/c1-9(19)10-3-2-4-11(7-10)17-14(20)18-13-5-6-16-8-12(13)15/h2-8H,1H3,(H2,16,17,18,20). The van der Waals surface area contributed by atoms with E-state index in [2.05, 4.69) is 15.6 Å². The molecule has 6 heteroatoms. The summed E-state index contributed by atoms with van der Waals surface area (Å²) in [5, 5.41) is 4.88. The van der Waals surface area contributed by atoms with Gasteiger partial charge >= 0.3 is 6.03 Å². The number of urea groups is 1. The second kappa shape index (κ2) is 5.92. The van der Waals surface area contributed by atoms with Gasteiger partial charge in [-0.05, 0) is 25.1 Å². The summed E-state index contributed by atoms with van der Waals surface area (Å²) >= 11 is 0. The molecule has 0 atom stereocenters. The van der Waals surface area contributed by atoms with Crippen LogP contribution in [0.2, 0.25) is 0 Å². The van der Waals surface area contributed by atoms with Gasteiger partial charge in [-0.15, -0.1) is 0 Å². The van der Waals surface area contributed by atoms with Gasteiger partial charge in [-0.3, -0.25) is 9.78 Å². The topological polar surface area (TPSA) is 71.1 Å². The summed E-state index contributed by atoms with van der Waals surface area (Å²) in [6.07, 6.45) is 2.38. The van der Waals surface area contributed by atoms with E-state index in [4.69, 9.17) is 0 Å². The summed E-state index contributed by atoms with van der Waals surface area (Å²) in [6.45, 7) is 1.44. The van der Waals surface area contributed by atoms with Crippen LogP contribution in [0, 0.1) is 5.82 Å². The van der Waals surface area contributed by atoms with Crippen LogP contribution < -0.4 is 10.6 Å². The number of Topliss-reactive ketones (excluding diaryl/α,β-unsaturated/α-hetero) is 1. The highest BCUT2D eigenvalue weighted by Crippen LogP contribution is 2.14. The lowest BCUT2D eigenvalue weighted by Crippen LogP contribution is -2.20. The molecule has 2 rings (SSSR count). The Balaban J connectivity index is 2.07. The van der Waals surface area contributed by atoms with Crippen molar-refractivity contribution in [3.63, 3.8) is 0 Å². The fourth-order valence-electron chi connectivity index (χ4n) is 1.58. The molecule has 0 fully saturated rings. The fourth-order valence-corrected chi connectivity index (χ4v) is 1.58. The Morgan fingerprint density at radius 2 is 2.00 bits per heavy atom. The molecule has 0 spiro atoms. The van der Waals surface area contributed by atoms with E-state index in [1.807, 2.05) is 0 Å². The fraction of sp³-hybridized carbons (Fsp3) is 0.0714. The van der Waals surface area contributed by atoms with E-state index >= 15 is 0 Å². The molecule has 0 bridgehead atoms. The van der Waals surface area contributed by atoms with Crippen molar-refractivity contribution < 1.29 is 14.0 Å². The van der Waals surface area contributed by atoms with Gasteiger partial charge < -0.3 is 10.6 Å². The van der Waals surface area contributed by atoms with Crippen molar-refractivity contribution in [1.82, 2.24) is 4.98 Å². The van der Waals surface area contributed by atoms with Crippen LogP contribution in [-0.2, 0) is 0 Å². The Hall–Kier alpha value is -2.76. The van der Waals surface area contributed by atoms with Crippen LogP contribution in [0.4, 0.5) is 20.6 Å². The number of hydrogen-bond acceptors (Lipinski definition) is 3. The number of halogens is 1. The predicted molar refractivity (Wildman–Crippen MR) is 73.3 cm³/mol. The van der Waals surface area contributed by atoms with Crippen molar-refractivity contribution in [2.45, 2.75) is 6.92 Å². The molecule has 0 saturated carbocycles. The number of carbonyl (C=O) groups excluding carboxylic acids is 2. The van der Waals surface area contributed by atoms with Crippen molar-refractivity contribution in [3.05, 3.63) is 54.1 Å². The zero-order valence-corrected chi connectivity index (χ0v) is 10.7. The normalized spacial score (nSPS) is 9.90. The van der Waals surface area contributed by atoms with Gasteiger partial charge in [0, 0.05) is 17.4 Å².